The predicted molar refractivity (Wildman–Crippen MR) is 86.9 cm³/mol. The molecule has 0 radical (unpaired) electrons. The van der Waals surface area contributed by atoms with Crippen LogP contribution in [0.15, 0.2) is 41.8 Å². The molecule has 1 fully saturated rings. The maximum absolute atomic E-state index is 12.5. The van der Waals surface area contributed by atoms with E-state index in [1.54, 1.807) is 16.2 Å². The maximum Gasteiger partial charge on any atom is 0.253 e. The Hall–Kier alpha value is -1.69. The van der Waals surface area contributed by atoms with E-state index in [1.807, 2.05) is 35.7 Å². The average molecular weight is 317 g/mol. The highest BCUT2D eigenvalue weighted by Crippen LogP contribution is 2.25. The van der Waals surface area contributed by atoms with Gasteiger partial charge >= 0.3 is 0 Å². The van der Waals surface area contributed by atoms with E-state index < -0.39 is 6.10 Å². The molecular weight excluding hydrogens is 298 g/mol. The van der Waals surface area contributed by atoms with Crippen LogP contribution >= 0.6 is 11.3 Å². The number of carbonyl (C=O) groups is 1. The molecule has 1 amide bonds. The summed E-state index contributed by atoms with van der Waals surface area (Å²) in [6.07, 6.45) is -0.000182. The molecule has 22 heavy (non-hydrogen) atoms. The van der Waals surface area contributed by atoms with Crippen LogP contribution in [-0.2, 0) is 0 Å². The van der Waals surface area contributed by atoms with E-state index in [1.165, 1.54) is 4.88 Å². The van der Waals surface area contributed by atoms with Crippen molar-refractivity contribution in [3.05, 3.63) is 47.3 Å². The van der Waals surface area contributed by atoms with Crippen LogP contribution in [0.3, 0.4) is 0 Å². The lowest BCUT2D eigenvalue weighted by Gasteiger charge is -2.35. The summed E-state index contributed by atoms with van der Waals surface area (Å²) in [6.45, 7) is 0.842. The first-order valence-electron chi connectivity index (χ1n) is 7.41. The number of likely N-dealkylation sites (tertiary alicyclic amines) is 1. The molecule has 2 heterocycles. The zero-order chi connectivity index (χ0) is 15.5. The maximum atomic E-state index is 12.5. The number of amides is 1. The van der Waals surface area contributed by atoms with Crippen LogP contribution in [0.25, 0.3) is 10.4 Å². The highest BCUT2D eigenvalue weighted by Gasteiger charge is 2.30. The number of benzene rings is 1. The summed E-state index contributed by atoms with van der Waals surface area (Å²) < 4.78 is 0. The summed E-state index contributed by atoms with van der Waals surface area (Å²) in [7, 11) is 0. The number of rotatable bonds is 3. The Bertz CT molecular complexity index is 624. The minimum absolute atomic E-state index is 0.0388. The molecule has 1 aromatic heterocycles. The van der Waals surface area contributed by atoms with Crippen molar-refractivity contribution < 1.29 is 15.0 Å². The van der Waals surface area contributed by atoms with Gasteiger partial charge in [-0.2, -0.15) is 0 Å². The molecule has 116 valence electrons. The Balaban J connectivity index is 1.72. The SMILES string of the molecule is O=C(c1ccc(-c2cccs2)cc1)N1CC[C@H](O)[C@H](CO)C1. The second-order valence-electron chi connectivity index (χ2n) is 5.60. The molecule has 2 N–H and O–H groups in total. The molecule has 0 unspecified atom stereocenters. The molecule has 0 bridgehead atoms. The lowest BCUT2D eigenvalue weighted by Crippen LogP contribution is -2.47. The molecule has 0 spiro atoms. The van der Waals surface area contributed by atoms with Crippen LogP contribution in [0.1, 0.15) is 16.8 Å². The van der Waals surface area contributed by atoms with E-state index in [0.29, 0.717) is 25.1 Å². The Morgan fingerprint density at radius 3 is 2.68 bits per heavy atom. The Morgan fingerprint density at radius 1 is 1.27 bits per heavy atom. The number of piperidine rings is 1. The van der Waals surface area contributed by atoms with Gasteiger partial charge < -0.3 is 15.1 Å². The quantitative estimate of drug-likeness (QED) is 0.912. The van der Waals surface area contributed by atoms with Crippen LogP contribution < -0.4 is 0 Å². The third kappa shape index (κ3) is 3.06. The van der Waals surface area contributed by atoms with Crippen LogP contribution in [0.4, 0.5) is 0 Å². The summed E-state index contributed by atoms with van der Waals surface area (Å²) >= 11 is 1.67. The molecule has 2 atom stereocenters. The molecule has 0 saturated carbocycles. The fourth-order valence-corrected chi connectivity index (χ4v) is 3.52. The van der Waals surface area contributed by atoms with Crippen LogP contribution in [0.5, 0.6) is 0 Å². The van der Waals surface area contributed by atoms with E-state index >= 15 is 0 Å². The van der Waals surface area contributed by atoms with Crippen LogP contribution in [0.2, 0.25) is 0 Å². The Kier molecular flexibility index (Phi) is 4.57. The fourth-order valence-electron chi connectivity index (χ4n) is 2.79. The van der Waals surface area contributed by atoms with Gasteiger partial charge in [-0.1, -0.05) is 18.2 Å². The van der Waals surface area contributed by atoms with Crippen molar-refractivity contribution >= 4 is 17.2 Å². The summed E-state index contributed by atoms with van der Waals surface area (Å²) in [6, 6.07) is 11.7. The molecule has 1 aromatic carbocycles. The highest BCUT2D eigenvalue weighted by molar-refractivity contribution is 7.13. The van der Waals surface area contributed by atoms with Gasteiger partial charge in [-0.25, -0.2) is 0 Å². The standard InChI is InChI=1S/C17H19NO3S/c19-11-14-10-18(8-7-15(14)20)17(21)13-5-3-12(4-6-13)16-2-1-9-22-16/h1-6,9,14-15,19-20H,7-8,10-11H2/t14-,15-/m0/s1. The molecule has 0 aliphatic carbocycles. The largest absolute Gasteiger partial charge is 0.396 e. The van der Waals surface area contributed by atoms with Gasteiger partial charge in [0, 0.05) is 29.4 Å². The minimum atomic E-state index is -0.518. The number of carbonyl (C=O) groups excluding carboxylic acids is 1. The molecule has 5 heteroatoms. The van der Waals surface area contributed by atoms with Crippen LogP contribution in [0, 0.1) is 5.92 Å². The van der Waals surface area contributed by atoms with Crippen molar-refractivity contribution in [2.45, 2.75) is 12.5 Å². The predicted octanol–water partition coefficient (Wildman–Crippen LogP) is 2.23. The topological polar surface area (TPSA) is 60.8 Å². The Morgan fingerprint density at radius 2 is 2.05 bits per heavy atom. The number of nitrogens with zero attached hydrogens (tertiary/aromatic N) is 1. The lowest BCUT2D eigenvalue weighted by atomic mass is 9.95. The number of hydrogen-bond donors (Lipinski definition) is 2. The molecule has 1 aliphatic heterocycles. The Labute approximate surface area is 133 Å². The van der Waals surface area contributed by atoms with Gasteiger partial charge in [0.1, 0.15) is 0 Å². The van der Waals surface area contributed by atoms with Crippen molar-refractivity contribution in [1.82, 2.24) is 4.90 Å². The summed E-state index contributed by atoms with van der Waals surface area (Å²) in [5.41, 5.74) is 1.75. The van der Waals surface area contributed by atoms with E-state index in [0.717, 1.165) is 5.56 Å². The van der Waals surface area contributed by atoms with E-state index in [4.69, 9.17) is 0 Å². The number of aliphatic hydroxyl groups is 2. The number of aliphatic hydroxyl groups excluding tert-OH is 2. The zero-order valence-electron chi connectivity index (χ0n) is 12.2. The van der Waals surface area contributed by atoms with Gasteiger partial charge in [-0.3, -0.25) is 4.79 Å². The molecule has 3 rings (SSSR count). The van der Waals surface area contributed by atoms with Gasteiger partial charge in [0.15, 0.2) is 0 Å². The minimum Gasteiger partial charge on any atom is -0.396 e. The summed E-state index contributed by atoms with van der Waals surface area (Å²) in [5, 5.41) is 21.1. The zero-order valence-corrected chi connectivity index (χ0v) is 13.0. The molecule has 2 aromatic rings. The van der Waals surface area contributed by atoms with Gasteiger partial charge in [0.25, 0.3) is 5.91 Å². The normalized spacial score (nSPS) is 21.8. The van der Waals surface area contributed by atoms with Crippen molar-refractivity contribution in [2.75, 3.05) is 19.7 Å². The van der Waals surface area contributed by atoms with Crippen molar-refractivity contribution in [3.63, 3.8) is 0 Å². The van der Waals surface area contributed by atoms with E-state index in [9.17, 15) is 15.0 Å². The van der Waals surface area contributed by atoms with Gasteiger partial charge in [-0.05, 0) is 35.6 Å². The van der Waals surface area contributed by atoms with Crippen molar-refractivity contribution in [3.8, 4) is 10.4 Å². The first-order chi connectivity index (χ1) is 10.7. The monoisotopic (exact) mass is 317 g/mol. The first-order valence-corrected chi connectivity index (χ1v) is 8.29. The number of thiophene rings is 1. The summed E-state index contributed by atoms with van der Waals surface area (Å²) in [4.78, 5) is 15.4. The van der Waals surface area contributed by atoms with E-state index in [2.05, 4.69) is 6.07 Å². The first kappa shape index (κ1) is 15.2. The van der Waals surface area contributed by atoms with Crippen LogP contribution in [-0.4, -0.2) is 46.8 Å². The van der Waals surface area contributed by atoms with Gasteiger partial charge in [0.05, 0.1) is 12.7 Å². The second kappa shape index (κ2) is 6.60. The smallest absolute Gasteiger partial charge is 0.253 e. The average Bonchev–Trinajstić information content (AvgIpc) is 3.09. The van der Waals surface area contributed by atoms with Crippen molar-refractivity contribution in [1.29, 1.82) is 0 Å². The van der Waals surface area contributed by atoms with Gasteiger partial charge in [0.2, 0.25) is 0 Å². The molecular formula is C17H19NO3S. The molecule has 1 aliphatic rings. The van der Waals surface area contributed by atoms with E-state index in [-0.39, 0.29) is 18.4 Å². The third-order valence-electron chi connectivity index (χ3n) is 4.15. The molecule has 4 nitrogen and oxygen atoms in total. The number of hydrogen-bond acceptors (Lipinski definition) is 4. The lowest BCUT2D eigenvalue weighted by molar-refractivity contribution is 0.00345. The van der Waals surface area contributed by atoms with Crippen molar-refractivity contribution in [2.24, 2.45) is 5.92 Å². The summed E-state index contributed by atoms with van der Waals surface area (Å²) in [5.74, 6) is -0.286. The third-order valence-corrected chi connectivity index (χ3v) is 5.07. The molecule has 1 saturated heterocycles. The van der Waals surface area contributed by atoms with Gasteiger partial charge in [-0.15, -0.1) is 11.3 Å². The second-order valence-corrected chi connectivity index (χ2v) is 6.55. The highest BCUT2D eigenvalue weighted by atomic mass is 32.1. The fraction of sp³-hybridized carbons (Fsp3) is 0.353.